The lowest BCUT2D eigenvalue weighted by molar-refractivity contribution is 0.0903. The minimum absolute atomic E-state index is 0.0723. The van der Waals surface area contributed by atoms with Crippen LogP contribution in [0.4, 0.5) is 0 Å². The van der Waals surface area contributed by atoms with Crippen LogP contribution in [-0.4, -0.2) is 39.7 Å². The summed E-state index contributed by atoms with van der Waals surface area (Å²) in [6.45, 7) is 2.97. The van der Waals surface area contributed by atoms with Gasteiger partial charge in [0.2, 0.25) is 0 Å². The van der Waals surface area contributed by atoms with E-state index in [4.69, 9.17) is 0 Å². The van der Waals surface area contributed by atoms with Gasteiger partial charge in [-0.05, 0) is 36.6 Å². The second-order valence-electron chi connectivity index (χ2n) is 6.02. The van der Waals surface area contributed by atoms with Crippen molar-refractivity contribution in [2.45, 2.75) is 25.4 Å². The Morgan fingerprint density at radius 3 is 2.57 bits per heavy atom. The van der Waals surface area contributed by atoms with Gasteiger partial charge in [-0.1, -0.05) is 28.1 Å². The van der Waals surface area contributed by atoms with E-state index in [1.807, 2.05) is 7.05 Å². The molecule has 1 aromatic heterocycles. The largest absolute Gasteiger partial charge is 0.348 e. The fraction of sp³-hybridized carbons (Fsp3) is 0.412. The highest BCUT2D eigenvalue weighted by atomic mass is 79.9. The van der Waals surface area contributed by atoms with Gasteiger partial charge in [0.15, 0.2) is 0 Å². The highest BCUT2D eigenvalue weighted by Crippen LogP contribution is 2.16. The normalized spacial score (nSPS) is 16.4. The van der Waals surface area contributed by atoms with Gasteiger partial charge in [-0.2, -0.15) is 5.10 Å². The van der Waals surface area contributed by atoms with Crippen LogP contribution >= 0.6 is 15.9 Å². The number of piperidine rings is 1. The van der Waals surface area contributed by atoms with Gasteiger partial charge in [-0.15, -0.1) is 0 Å². The Morgan fingerprint density at radius 1 is 1.26 bits per heavy atom. The molecular formula is C17H21BrN4O. The molecule has 1 amide bonds. The van der Waals surface area contributed by atoms with E-state index in [1.54, 1.807) is 16.9 Å². The van der Waals surface area contributed by atoms with Gasteiger partial charge in [-0.25, -0.2) is 0 Å². The lowest BCUT2D eigenvalue weighted by Crippen LogP contribution is -2.44. The molecule has 0 unspecified atom stereocenters. The SMILES string of the molecule is Cn1ccc(C(=O)NC2CCN(Cc3ccc(Br)cc3)CC2)n1. The van der Waals surface area contributed by atoms with Gasteiger partial charge >= 0.3 is 0 Å². The van der Waals surface area contributed by atoms with E-state index < -0.39 is 0 Å². The van der Waals surface area contributed by atoms with Crippen molar-refractivity contribution < 1.29 is 4.79 Å². The lowest BCUT2D eigenvalue weighted by Gasteiger charge is -2.32. The van der Waals surface area contributed by atoms with Crippen LogP contribution in [0.2, 0.25) is 0 Å². The van der Waals surface area contributed by atoms with Crippen molar-refractivity contribution in [3.8, 4) is 0 Å². The molecule has 1 aromatic carbocycles. The molecule has 1 aliphatic heterocycles. The monoisotopic (exact) mass is 376 g/mol. The van der Waals surface area contributed by atoms with Crippen molar-refractivity contribution in [2.75, 3.05) is 13.1 Å². The average molecular weight is 377 g/mol. The number of carbonyl (C=O) groups excluding carboxylic acids is 1. The molecule has 1 fully saturated rings. The second-order valence-corrected chi connectivity index (χ2v) is 6.94. The van der Waals surface area contributed by atoms with E-state index in [-0.39, 0.29) is 11.9 Å². The minimum Gasteiger partial charge on any atom is -0.348 e. The number of amides is 1. The highest BCUT2D eigenvalue weighted by molar-refractivity contribution is 9.10. The number of halogens is 1. The third kappa shape index (κ3) is 4.42. The molecule has 0 saturated carbocycles. The van der Waals surface area contributed by atoms with E-state index in [9.17, 15) is 4.79 Å². The molecule has 0 spiro atoms. The number of hydrogen-bond acceptors (Lipinski definition) is 3. The molecule has 1 N–H and O–H groups in total. The van der Waals surface area contributed by atoms with Crippen LogP contribution in [0.5, 0.6) is 0 Å². The molecule has 6 heteroatoms. The Labute approximate surface area is 144 Å². The summed E-state index contributed by atoms with van der Waals surface area (Å²) in [5.74, 6) is -0.0723. The van der Waals surface area contributed by atoms with Crippen molar-refractivity contribution in [1.82, 2.24) is 20.0 Å². The van der Waals surface area contributed by atoms with E-state index in [2.05, 4.69) is 55.5 Å². The quantitative estimate of drug-likeness (QED) is 0.891. The zero-order chi connectivity index (χ0) is 16.2. The van der Waals surface area contributed by atoms with Crippen molar-refractivity contribution >= 4 is 21.8 Å². The van der Waals surface area contributed by atoms with Crippen LogP contribution in [-0.2, 0) is 13.6 Å². The molecule has 0 bridgehead atoms. The number of aryl methyl sites for hydroxylation is 1. The molecule has 1 saturated heterocycles. The van der Waals surface area contributed by atoms with Gasteiger partial charge in [0, 0.05) is 43.4 Å². The van der Waals surface area contributed by atoms with Crippen molar-refractivity contribution in [3.63, 3.8) is 0 Å². The maximum atomic E-state index is 12.1. The first-order valence-electron chi connectivity index (χ1n) is 7.87. The molecule has 122 valence electrons. The van der Waals surface area contributed by atoms with Gasteiger partial charge in [0.05, 0.1) is 0 Å². The topological polar surface area (TPSA) is 50.2 Å². The fourth-order valence-electron chi connectivity index (χ4n) is 2.88. The van der Waals surface area contributed by atoms with Gasteiger partial charge in [-0.3, -0.25) is 14.4 Å². The summed E-state index contributed by atoms with van der Waals surface area (Å²) in [5.41, 5.74) is 1.81. The molecule has 0 aliphatic carbocycles. The first-order chi connectivity index (χ1) is 11.1. The van der Waals surface area contributed by atoms with Crippen molar-refractivity contribution in [2.24, 2.45) is 7.05 Å². The first-order valence-corrected chi connectivity index (χ1v) is 8.67. The molecule has 5 nitrogen and oxygen atoms in total. The van der Waals surface area contributed by atoms with Crippen LogP contribution in [0.1, 0.15) is 28.9 Å². The van der Waals surface area contributed by atoms with E-state index in [1.165, 1.54) is 5.56 Å². The standard InChI is InChI=1S/C17H21BrN4O/c1-21-9-8-16(20-21)17(23)19-15-6-10-22(11-7-15)12-13-2-4-14(18)5-3-13/h2-5,8-9,15H,6-7,10-12H2,1H3,(H,19,23). The Morgan fingerprint density at radius 2 is 1.96 bits per heavy atom. The van der Waals surface area contributed by atoms with Crippen LogP contribution in [0, 0.1) is 0 Å². The van der Waals surface area contributed by atoms with E-state index >= 15 is 0 Å². The zero-order valence-corrected chi connectivity index (χ0v) is 14.8. The summed E-state index contributed by atoms with van der Waals surface area (Å²) in [5, 5.41) is 7.24. The molecule has 2 heterocycles. The first kappa shape index (κ1) is 16.2. The Kier molecular flexibility index (Phi) is 5.13. The summed E-state index contributed by atoms with van der Waals surface area (Å²) < 4.78 is 2.76. The molecule has 3 rings (SSSR count). The maximum Gasteiger partial charge on any atom is 0.271 e. The zero-order valence-electron chi connectivity index (χ0n) is 13.2. The molecule has 2 aromatic rings. The van der Waals surface area contributed by atoms with Crippen LogP contribution in [0.25, 0.3) is 0 Å². The average Bonchev–Trinajstić information content (AvgIpc) is 2.98. The Hall–Kier alpha value is -1.66. The summed E-state index contributed by atoms with van der Waals surface area (Å²) in [4.78, 5) is 14.6. The number of rotatable bonds is 4. The predicted octanol–water partition coefficient (Wildman–Crippen LogP) is 2.58. The number of benzene rings is 1. The maximum absolute atomic E-state index is 12.1. The molecule has 0 atom stereocenters. The predicted molar refractivity (Wildman–Crippen MR) is 93.1 cm³/mol. The summed E-state index contributed by atoms with van der Waals surface area (Å²) in [6, 6.07) is 10.5. The number of carbonyl (C=O) groups is 1. The number of nitrogens with one attached hydrogen (secondary N) is 1. The van der Waals surface area contributed by atoms with Gasteiger partial charge in [0.1, 0.15) is 5.69 Å². The fourth-order valence-corrected chi connectivity index (χ4v) is 3.14. The van der Waals surface area contributed by atoms with Gasteiger partial charge in [0.25, 0.3) is 5.91 Å². The van der Waals surface area contributed by atoms with Gasteiger partial charge < -0.3 is 5.32 Å². The summed E-state index contributed by atoms with van der Waals surface area (Å²) in [6.07, 6.45) is 3.75. The second kappa shape index (κ2) is 7.27. The number of likely N-dealkylation sites (tertiary alicyclic amines) is 1. The molecule has 23 heavy (non-hydrogen) atoms. The van der Waals surface area contributed by atoms with Crippen LogP contribution in [0.3, 0.4) is 0 Å². The number of aromatic nitrogens is 2. The highest BCUT2D eigenvalue weighted by Gasteiger charge is 2.21. The minimum atomic E-state index is -0.0723. The van der Waals surface area contributed by atoms with Crippen LogP contribution < -0.4 is 5.32 Å². The molecule has 1 aliphatic rings. The van der Waals surface area contributed by atoms with E-state index in [0.717, 1.165) is 36.9 Å². The number of nitrogens with zero attached hydrogens (tertiary/aromatic N) is 3. The lowest BCUT2D eigenvalue weighted by atomic mass is 10.0. The Balaban J connectivity index is 1.46. The van der Waals surface area contributed by atoms with Crippen molar-refractivity contribution in [1.29, 1.82) is 0 Å². The number of hydrogen-bond donors (Lipinski definition) is 1. The van der Waals surface area contributed by atoms with Crippen molar-refractivity contribution in [3.05, 3.63) is 52.3 Å². The summed E-state index contributed by atoms with van der Waals surface area (Å²) in [7, 11) is 1.82. The summed E-state index contributed by atoms with van der Waals surface area (Å²) >= 11 is 3.46. The molecule has 0 radical (unpaired) electrons. The third-order valence-corrected chi connectivity index (χ3v) is 4.72. The van der Waals surface area contributed by atoms with E-state index in [0.29, 0.717) is 5.69 Å². The molecular weight excluding hydrogens is 356 g/mol. The smallest absolute Gasteiger partial charge is 0.271 e. The van der Waals surface area contributed by atoms with Crippen LogP contribution in [0.15, 0.2) is 41.0 Å². The third-order valence-electron chi connectivity index (χ3n) is 4.19. The Bertz CT molecular complexity index is 659.